The molecule has 1 saturated carbocycles. The van der Waals surface area contributed by atoms with E-state index in [9.17, 15) is 13.6 Å². The van der Waals surface area contributed by atoms with Gasteiger partial charge in [-0.25, -0.2) is 8.78 Å². The molecule has 1 spiro atoms. The highest BCUT2D eigenvalue weighted by molar-refractivity contribution is 5.99. The SMILES string of the molecule is O=C1CCC2(CCCCC2)c2cc(F)cc(F)c21. The lowest BCUT2D eigenvalue weighted by molar-refractivity contribution is 0.0933. The van der Waals surface area contributed by atoms with Crippen LogP contribution in [0.4, 0.5) is 8.78 Å². The summed E-state index contributed by atoms with van der Waals surface area (Å²) in [5, 5.41) is 0. The first kappa shape index (κ1) is 11.8. The highest BCUT2D eigenvalue weighted by Gasteiger charge is 2.41. The quantitative estimate of drug-likeness (QED) is 0.676. The van der Waals surface area contributed by atoms with Crippen molar-refractivity contribution in [2.75, 3.05) is 0 Å². The molecule has 1 aromatic carbocycles. The summed E-state index contributed by atoms with van der Waals surface area (Å²) < 4.78 is 27.3. The van der Waals surface area contributed by atoms with Crippen molar-refractivity contribution >= 4 is 5.78 Å². The molecule has 3 rings (SSSR count). The molecule has 2 aliphatic rings. The maximum absolute atomic E-state index is 13.9. The predicted molar refractivity (Wildman–Crippen MR) is 64.7 cm³/mol. The lowest BCUT2D eigenvalue weighted by Gasteiger charge is -2.41. The van der Waals surface area contributed by atoms with E-state index in [-0.39, 0.29) is 16.8 Å². The smallest absolute Gasteiger partial charge is 0.166 e. The summed E-state index contributed by atoms with van der Waals surface area (Å²) in [5.41, 5.74) is 0.644. The van der Waals surface area contributed by atoms with Crippen LogP contribution in [-0.2, 0) is 5.41 Å². The molecule has 1 aromatic rings. The minimum absolute atomic E-state index is 0.148. The summed E-state index contributed by atoms with van der Waals surface area (Å²) in [6, 6.07) is 2.22. The van der Waals surface area contributed by atoms with Crippen LogP contribution in [0.25, 0.3) is 0 Å². The minimum atomic E-state index is -0.681. The Hall–Kier alpha value is -1.25. The van der Waals surface area contributed by atoms with Gasteiger partial charge in [-0.3, -0.25) is 4.79 Å². The zero-order chi connectivity index (χ0) is 12.8. The van der Waals surface area contributed by atoms with E-state index in [1.54, 1.807) is 0 Å². The Labute approximate surface area is 105 Å². The van der Waals surface area contributed by atoms with Gasteiger partial charge in [-0.15, -0.1) is 0 Å². The van der Waals surface area contributed by atoms with Gasteiger partial charge in [0.05, 0.1) is 5.56 Å². The van der Waals surface area contributed by atoms with Crippen LogP contribution < -0.4 is 0 Å². The Morgan fingerprint density at radius 2 is 1.72 bits per heavy atom. The normalized spacial score (nSPS) is 22.0. The number of fused-ring (bicyclic) bond motifs is 2. The second-order valence-electron chi connectivity index (χ2n) is 5.57. The lowest BCUT2D eigenvalue weighted by atomic mass is 9.62. The Bertz CT molecular complexity index is 501. The van der Waals surface area contributed by atoms with Gasteiger partial charge in [0.25, 0.3) is 0 Å². The van der Waals surface area contributed by atoms with Gasteiger partial charge in [-0.1, -0.05) is 19.3 Å². The molecular formula is C15H16F2O. The highest BCUT2D eigenvalue weighted by atomic mass is 19.1. The van der Waals surface area contributed by atoms with Crippen LogP contribution in [0, 0.1) is 11.6 Å². The van der Waals surface area contributed by atoms with Crippen molar-refractivity contribution in [3.63, 3.8) is 0 Å². The van der Waals surface area contributed by atoms with Crippen LogP contribution in [-0.4, -0.2) is 5.78 Å². The van der Waals surface area contributed by atoms with Gasteiger partial charge in [-0.05, 0) is 36.3 Å². The average Bonchev–Trinajstić information content (AvgIpc) is 2.35. The van der Waals surface area contributed by atoms with Crippen molar-refractivity contribution in [1.82, 2.24) is 0 Å². The second-order valence-corrected chi connectivity index (χ2v) is 5.57. The Kier molecular flexibility index (Phi) is 2.72. The number of ketones is 1. The van der Waals surface area contributed by atoms with Crippen LogP contribution >= 0.6 is 0 Å². The van der Waals surface area contributed by atoms with E-state index in [1.807, 2.05) is 0 Å². The van der Waals surface area contributed by atoms with E-state index in [1.165, 1.54) is 12.5 Å². The molecule has 96 valence electrons. The third-order valence-electron chi connectivity index (χ3n) is 4.55. The zero-order valence-electron chi connectivity index (χ0n) is 10.3. The molecule has 2 aliphatic carbocycles. The third-order valence-corrected chi connectivity index (χ3v) is 4.55. The molecule has 0 aromatic heterocycles. The fraction of sp³-hybridized carbons (Fsp3) is 0.533. The highest BCUT2D eigenvalue weighted by Crippen LogP contribution is 2.48. The number of Topliss-reactive ketones (excluding diaryl/α,β-unsaturated/α-hetero) is 1. The maximum Gasteiger partial charge on any atom is 0.166 e. The molecule has 0 bridgehead atoms. The van der Waals surface area contributed by atoms with Crippen molar-refractivity contribution in [1.29, 1.82) is 0 Å². The molecule has 0 amide bonds. The summed E-state index contributed by atoms with van der Waals surface area (Å²) in [4.78, 5) is 11.9. The van der Waals surface area contributed by atoms with Crippen LogP contribution in [0.1, 0.15) is 60.9 Å². The number of hydrogen-bond acceptors (Lipinski definition) is 1. The van der Waals surface area contributed by atoms with Crippen molar-refractivity contribution in [3.05, 3.63) is 34.9 Å². The predicted octanol–water partition coefficient (Wildman–Crippen LogP) is 4.14. The standard InChI is InChI=1S/C15H16F2O/c16-10-8-11-14(12(17)9-10)13(18)4-7-15(11)5-2-1-3-6-15/h8-9H,1-7H2. The molecule has 0 radical (unpaired) electrons. The molecule has 3 heteroatoms. The van der Waals surface area contributed by atoms with E-state index >= 15 is 0 Å². The lowest BCUT2D eigenvalue weighted by Crippen LogP contribution is -2.36. The topological polar surface area (TPSA) is 17.1 Å². The van der Waals surface area contributed by atoms with Gasteiger partial charge < -0.3 is 0 Å². The van der Waals surface area contributed by atoms with Crippen molar-refractivity contribution < 1.29 is 13.6 Å². The first-order valence-electron chi connectivity index (χ1n) is 6.65. The monoisotopic (exact) mass is 250 g/mol. The first-order valence-corrected chi connectivity index (χ1v) is 6.65. The number of rotatable bonds is 0. The number of benzene rings is 1. The third kappa shape index (κ3) is 1.68. The van der Waals surface area contributed by atoms with E-state index in [2.05, 4.69) is 0 Å². The average molecular weight is 250 g/mol. The van der Waals surface area contributed by atoms with Gasteiger partial charge >= 0.3 is 0 Å². The van der Waals surface area contributed by atoms with Gasteiger partial charge in [0.2, 0.25) is 0 Å². The zero-order valence-corrected chi connectivity index (χ0v) is 10.3. The molecule has 1 nitrogen and oxygen atoms in total. The fourth-order valence-electron chi connectivity index (χ4n) is 3.64. The summed E-state index contributed by atoms with van der Waals surface area (Å²) in [6.45, 7) is 0. The minimum Gasteiger partial charge on any atom is -0.294 e. The summed E-state index contributed by atoms with van der Waals surface area (Å²) in [7, 11) is 0. The fourth-order valence-corrected chi connectivity index (χ4v) is 3.64. The van der Waals surface area contributed by atoms with E-state index in [0.29, 0.717) is 12.0 Å². The molecule has 0 heterocycles. The molecule has 1 fully saturated rings. The molecule has 0 unspecified atom stereocenters. The molecule has 0 saturated heterocycles. The van der Waals surface area contributed by atoms with Crippen molar-refractivity contribution in [2.24, 2.45) is 0 Å². The summed E-state index contributed by atoms with van der Waals surface area (Å²) in [5.74, 6) is -1.41. The number of hydrogen-bond donors (Lipinski definition) is 0. The summed E-state index contributed by atoms with van der Waals surface area (Å²) >= 11 is 0. The Morgan fingerprint density at radius 3 is 2.44 bits per heavy atom. The summed E-state index contributed by atoms with van der Waals surface area (Å²) in [6.07, 6.45) is 6.42. The second kappa shape index (κ2) is 4.15. The van der Waals surface area contributed by atoms with Gasteiger partial charge in [0, 0.05) is 12.5 Å². The van der Waals surface area contributed by atoms with E-state index in [0.717, 1.165) is 38.2 Å². The van der Waals surface area contributed by atoms with Crippen molar-refractivity contribution in [3.8, 4) is 0 Å². The number of carbonyl (C=O) groups excluding carboxylic acids is 1. The number of halogens is 2. The van der Waals surface area contributed by atoms with E-state index in [4.69, 9.17) is 0 Å². The molecular weight excluding hydrogens is 234 g/mol. The molecule has 18 heavy (non-hydrogen) atoms. The Balaban J connectivity index is 2.18. The van der Waals surface area contributed by atoms with Crippen LogP contribution in [0.15, 0.2) is 12.1 Å². The van der Waals surface area contributed by atoms with Crippen molar-refractivity contribution in [2.45, 2.75) is 50.4 Å². The van der Waals surface area contributed by atoms with Gasteiger partial charge in [0.15, 0.2) is 5.78 Å². The molecule has 0 atom stereocenters. The largest absolute Gasteiger partial charge is 0.294 e. The van der Waals surface area contributed by atoms with Crippen LogP contribution in [0.3, 0.4) is 0 Å². The van der Waals surface area contributed by atoms with Crippen LogP contribution in [0.5, 0.6) is 0 Å². The molecule has 0 N–H and O–H groups in total. The Morgan fingerprint density at radius 1 is 1.00 bits per heavy atom. The maximum atomic E-state index is 13.9. The van der Waals surface area contributed by atoms with Gasteiger partial charge in [0.1, 0.15) is 11.6 Å². The van der Waals surface area contributed by atoms with Crippen LogP contribution in [0.2, 0.25) is 0 Å². The first-order chi connectivity index (χ1) is 8.62. The van der Waals surface area contributed by atoms with E-state index < -0.39 is 11.6 Å². The van der Waals surface area contributed by atoms with Gasteiger partial charge in [-0.2, -0.15) is 0 Å². The molecule has 0 aliphatic heterocycles. The number of carbonyl (C=O) groups is 1.